The molecule has 1 aromatic carbocycles. The van der Waals surface area contributed by atoms with Crippen molar-refractivity contribution >= 4 is 18.0 Å². The summed E-state index contributed by atoms with van der Waals surface area (Å²) in [7, 11) is 2.64. The van der Waals surface area contributed by atoms with Gasteiger partial charge in [0.25, 0.3) is 0 Å². The number of rotatable bonds is 3. The summed E-state index contributed by atoms with van der Waals surface area (Å²) in [5, 5.41) is 0. The van der Waals surface area contributed by atoms with E-state index in [0.29, 0.717) is 5.57 Å². The lowest BCUT2D eigenvalue weighted by Crippen LogP contribution is -1.98. The molecule has 1 aromatic rings. The van der Waals surface area contributed by atoms with Crippen LogP contribution in [0.25, 0.3) is 6.08 Å². The highest BCUT2D eigenvalue weighted by Gasteiger charge is 1.95. The third kappa shape index (κ3) is 13.6. The summed E-state index contributed by atoms with van der Waals surface area (Å²) in [5.41, 5.74) is 1.61. The fraction of sp³-hybridized carbons (Fsp3) is 0.176. The topological polar surface area (TPSA) is 52.6 Å². The second-order valence-corrected chi connectivity index (χ2v) is 3.61. The van der Waals surface area contributed by atoms with Gasteiger partial charge in [0, 0.05) is 11.6 Å². The van der Waals surface area contributed by atoms with Crippen LogP contribution >= 0.6 is 0 Å². The van der Waals surface area contributed by atoms with Gasteiger partial charge in [0.05, 0.1) is 14.2 Å². The van der Waals surface area contributed by atoms with Crippen LogP contribution in [0.2, 0.25) is 0 Å². The van der Waals surface area contributed by atoms with Gasteiger partial charge in [-0.25, -0.2) is 9.59 Å². The highest BCUT2D eigenvalue weighted by atomic mass is 16.5. The Labute approximate surface area is 126 Å². The van der Waals surface area contributed by atoms with Crippen LogP contribution < -0.4 is 0 Å². The number of methoxy groups -OCH3 is 2. The quantitative estimate of drug-likeness (QED) is 0.632. The van der Waals surface area contributed by atoms with Gasteiger partial charge in [-0.2, -0.15) is 0 Å². The first kappa shape index (κ1) is 20.7. The normalized spacial score (nSPS) is 7.76. The zero-order valence-electron chi connectivity index (χ0n) is 12.8. The summed E-state index contributed by atoms with van der Waals surface area (Å²) in [6, 6.07) is 10.0. The molecule has 4 heteroatoms. The zero-order valence-corrected chi connectivity index (χ0v) is 12.8. The van der Waals surface area contributed by atoms with E-state index in [4.69, 9.17) is 0 Å². The van der Waals surface area contributed by atoms with Gasteiger partial charge in [-0.05, 0) is 12.5 Å². The van der Waals surface area contributed by atoms with Crippen molar-refractivity contribution in [2.75, 3.05) is 14.2 Å². The minimum Gasteiger partial charge on any atom is -0.466 e. The molecule has 0 unspecified atom stereocenters. The average molecular weight is 290 g/mol. The molecule has 0 spiro atoms. The number of hydrogen-bond acceptors (Lipinski definition) is 4. The monoisotopic (exact) mass is 290 g/mol. The number of carbonyl (C=O) groups excluding carboxylic acids is 2. The Hall–Kier alpha value is -2.62. The van der Waals surface area contributed by atoms with Crippen LogP contribution in [-0.2, 0) is 19.1 Å². The summed E-state index contributed by atoms with van der Waals surface area (Å²) in [6.45, 7) is 11.7. The van der Waals surface area contributed by atoms with Crippen LogP contribution in [0.4, 0.5) is 0 Å². The van der Waals surface area contributed by atoms with Crippen LogP contribution in [0.5, 0.6) is 0 Å². The van der Waals surface area contributed by atoms with Crippen molar-refractivity contribution < 1.29 is 19.1 Å². The van der Waals surface area contributed by atoms with E-state index in [2.05, 4.69) is 29.2 Å². The molecule has 0 heterocycles. The molecule has 0 radical (unpaired) electrons. The highest BCUT2D eigenvalue weighted by molar-refractivity contribution is 5.86. The molecule has 0 aliphatic rings. The van der Waals surface area contributed by atoms with E-state index in [-0.39, 0.29) is 5.97 Å². The van der Waals surface area contributed by atoms with Gasteiger partial charge >= 0.3 is 11.9 Å². The summed E-state index contributed by atoms with van der Waals surface area (Å²) in [5.74, 6) is -0.741. The maximum absolute atomic E-state index is 10.2. The molecule has 0 aliphatic carbocycles. The van der Waals surface area contributed by atoms with E-state index in [0.717, 1.165) is 6.08 Å². The van der Waals surface area contributed by atoms with Crippen molar-refractivity contribution in [3.63, 3.8) is 0 Å². The standard InChI is InChI=1S/C8H8.C5H8O2.C4H6O2/c1-2-8-6-4-3-5-7-8;1-4(2)5(6)7-3;1-3-4(5)6-2/h2-7H,1H2;1H2,2-3H3;3H,1H2,2H3. The molecule has 0 amide bonds. The summed E-state index contributed by atoms with van der Waals surface area (Å²) < 4.78 is 8.42. The van der Waals surface area contributed by atoms with Gasteiger partial charge in [0.2, 0.25) is 0 Å². The molecule has 114 valence electrons. The van der Waals surface area contributed by atoms with E-state index in [1.165, 1.54) is 19.8 Å². The number of carbonyl (C=O) groups is 2. The Morgan fingerprint density at radius 1 is 1.05 bits per heavy atom. The van der Waals surface area contributed by atoms with Crippen LogP contribution in [0.15, 0.2) is 61.7 Å². The first-order valence-corrected chi connectivity index (χ1v) is 6.04. The van der Waals surface area contributed by atoms with Crippen LogP contribution in [0.1, 0.15) is 12.5 Å². The van der Waals surface area contributed by atoms with Crippen molar-refractivity contribution in [1.29, 1.82) is 0 Å². The van der Waals surface area contributed by atoms with E-state index >= 15 is 0 Å². The van der Waals surface area contributed by atoms with Gasteiger partial charge in [-0.15, -0.1) is 0 Å². The summed E-state index contributed by atoms with van der Waals surface area (Å²) >= 11 is 0. The molecular weight excluding hydrogens is 268 g/mol. The van der Waals surface area contributed by atoms with E-state index < -0.39 is 5.97 Å². The minimum atomic E-state index is -0.394. The Kier molecular flexibility index (Phi) is 13.6. The Bertz CT molecular complexity index is 461. The molecule has 1 rings (SSSR count). The van der Waals surface area contributed by atoms with E-state index in [9.17, 15) is 9.59 Å². The Morgan fingerprint density at radius 3 is 1.71 bits per heavy atom. The van der Waals surface area contributed by atoms with Gasteiger partial charge in [0.1, 0.15) is 0 Å². The van der Waals surface area contributed by atoms with E-state index in [1.807, 2.05) is 36.4 Å². The first-order valence-electron chi connectivity index (χ1n) is 6.04. The molecule has 4 nitrogen and oxygen atoms in total. The van der Waals surface area contributed by atoms with Gasteiger partial charge in [-0.3, -0.25) is 0 Å². The molecule has 0 atom stereocenters. The molecule has 0 aliphatic heterocycles. The lowest BCUT2D eigenvalue weighted by atomic mass is 10.2. The molecule has 0 fully saturated rings. The number of esters is 2. The smallest absolute Gasteiger partial charge is 0.332 e. The molecule has 0 aromatic heterocycles. The molecule has 0 bridgehead atoms. The molecule has 0 saturated carbocycles. The predicted molar refractivity (Wildman–Crippen MR) is 85.6 cm³/mol. The summed E-state index contributed by atoms with van der Waals surface area (Å²) in [6.07, 6.45) is 2.94. The Balaban J connectivity index is 0. The number of benzene rings is 1. The molecular formula is C17H22O4. The lowest BCUT2D eigenvalue weighted by molar-refractivity contribution is -0.136. The number of hydrogen-bond donors (Lipinski definition) is 0. The molecule has 0 N–H and O–H groups in total. The summed E-state index contributed by atoms with van der Waals surface area (Å²) in [4.78, 5) is 20.0. The maximum Gasteiger partial charge on any atom is 0.332 e. The van der Waals surface area contributed by atoms with E-state index in [1.54, 1.807) is 6.92 Å². The zero-order chi connectivity index (χ0) is 16.7. The largest absolute Gasteiger partial charge is 0.466 e. The maximum atomic E-state index is 10.2. The predicted octanol–water partition coefficient (Wildman–Crippen LogP) is 3.41. The third-order valence-electron chi connectivity index (χ3n) is 1.94. The average Bonchev–Trinajstić information content (AvgIpc) is 2.54. The Morgan fingerprint density at radius 2 is 1.57 bits per heavy atom. The third-order valence-corrected chi connectivity index (χ3v) is 1.94. The van der Waals surface area contributed by atoms with Crippen molar-refractivity contribution in [2.45, 2.75) is 6.92 Å². The minimum absolute atomic E-state index is 0.347. The number of ether oxygens (including phenoxy) is 2. The van der Waals surface area contributed by atoms with Crippen LogP contribution in [0.3, 0.4) is 0 Å². The van der Waals surface area contributed by atoms with Gasteiger partial charge in [0.15, 0.2) is 0 Å². The second-order valence-electron chi connectivity index (χ2n) is 3.61. The van der Waals surface area contributed by atoms with Crippen LogP contribution in [0, 0.1) is 0 Å². The van der Waals surface area contributed by atoms with Gasteiger partial charge in [-0.1, -0.05) is 56.1 Å². The SMILES string of the molecule is C=C(C)C(=O)OC.C=CC(=O)OC.C=Cc1ccccc1. The first-order chi connectivity index (χ1) is 9.92. The fourth-order valence-corrected chi connectivity index (χ4v) is 0.847. The molecule has 0 saturated heterocycles. The van der Waals surface area contributed by atoms with Crippen molar-refractivity contribution in [1.82, 2.24) is 0 Å². The lowest BCUT2D eigenvalue weighted by Gasteiger charge is -1.91. The fourth-order valence-electron chi connectivity index (χ4n) is 0.847. The molecule has 21 heavy (non-hydrogen) atoms. The van der Waals surface area contributed by atoms with Crippen molar-refractivity contribution in [3.8, 4) is 0 Å². The van der Waals surface area contributed by atoms with Gasteiger partial charge < -0.3 is 9.47 Å². The second kappa shape index (κ2) is 13.8. The van der Waals surface area contributed by atoms with Crippen molar-refractivity contribution in [3.05, 3.63) is 67.3 Å². The highest BCUT2D eigenvalue weighted by Crippen LogP contribution is 1.97. The van der Waals surface area contributed by atoms with Crippen molar-refractivity contribution in [2.24, 2.45) is 0 Å². The van der Waals surface area contributed by atoms with Crippen LogP contribution in [-0.4, -0.2) is 26.2 Å².